The summed E-state index contributed by atoms with van der Waals surface area (Å²) >= 11 is 0. The predicted octanol–water partition coefficient (Wildman–Crippen LogP) is 12.4. The first-order valence-corrected chi connectivity index (χ1v) is 17.4. The van der Waals surface area contributed by atoms with E-state index >= 15 is 0 Å². The zero-order valence-corrected chi connectivity index (χ0v) is 34.1. The number of aromatic hydroxyl groups is 1. The Labute approximate surface area is 323 Å². The molecule has 0 amide bonds. The van der Waals surface area contributed by atoms with Gasteiger partial charge in [0.15, 0.2) is 5.69 Å². The zero-order valence-electron chi connectivity index (χ0n) is 31.8. The first-order chi connectivity index (χ1) is 23.8. The fraction of sp³-hybridized carbons (Fsp3) is 0.283. The maximum absolute atomic E-state index is 11.3. The van der Waals surface area contributed by atoms with Gasteiger partial charge in [0.25, 0.3) is 0 Å². The van der Waals surface area contributed by atoms with Crippen molar-refractivity contribution in [2.24, 2.45) is 0 Å². The SMILES string of the molecule is [C-]#[N+]c1ccc(O)c(-c2nc3c(-c4[c-]c(-c5cc(C(=C)C)ccn5)cc(C(C)(C)C)c4)cccc3n2-c2cc(C(C)(C)C)cc(C(C)(C)C)c2)c1.[Pt]. The molecule has 2 heterocycles. The van der Waals surface area contributed by atoms with Gasteiger partial charge in [0.05, 0.1) is 17.6 Å². The van der Waals surface area contributed by atoms with Crippen LogP contribution in [0.4, 0.5) is 5.69 Å². The number of hydrogen-bond acceptors (Lipinski definition) is 3. The van der Waals surface area contributed by atoms with Gasteiger partial charge >= 0.3 is 0 Å². The minimum atomic E-state index is -0.147. The third-order valence-electron chi connectivity index (χ3n) is 9.50. The Bertz CT molecular complexity index is 2340. The van der Waals surface area contributed by atoms with Gasteiger partial charge in [-0.25, -0.2) is 9.83 Å². The van der Waals surface area contributed by atoms with E-state index in [2.05, 4.69) is 139 Å². The van der Waals surface area contributed by atoms with Crippen molar-refractivity contribution in [2.75, 3.05) is 0 Å². The molecule has 0 aliphatic rings. The van der Waals surface area contributed by atoms with Gasteiger partial charge in [-0.2, -0.15) is 0 Å². The minimum Gasteiger partial charge on any atom is -0.507 e. The van der Waals surface area contributed by atoms with Crippen LogP contribution in [0.3, 0.4) is 0 Å². The van der Waals surface area contributed by atoms with E-state index in [1.165, 1.54) is 11.1 Å². The van der Waals surface area contributed by atoms with Crippen LogP contribution in [-0.2, 0) is 37.3 Å². The Morgan fingerprint density at radius 1 is 0.769 bits per heavy atom. The second kappa shape index (κ2) is 14.0. The normalized spacial score (nSPS) is 12.0. The van der Waals surface area contributed by atoms with E-state index in [0.717, 1.165) is 55.8 Å². The van der Waals surface area contributed by atoms with Gasteiger partial charge in [0.2, 0.25) is 0 Å². The standard InChI is InChI=1S/C46H47N4O.Pt/c1-28(2)29-18-19-48-39(23-29)31-20-30(21-32(22-31)44(3,4)5)37-14-13-15-40-42(37)49-43(38-27-35(47-12)16-17-41(38)51)50(40)36-25-33(45(6,7)8)24-34(26-36)46(9,10)11;/h13-19,21-27,51H,1H2,2-11H3;/q-1;. The van der Waals surface area contributed by atoms with E-state index in [0.29, 0.717) is 17.1 Å². The number of nitrogens with zero attached hydrogens (tertiary/aromatic N) is 4. The Kier molecular flexibility index (Phi) is 10.3. The largest absolute Gasteiger partial charge is 0.507 e. The molecule has 0 bridgehead atoms. The van der Waals surface area contributed by atoms with Gasteiger partial charge in [-0.1, -0.05) is 116 Å². The number of fused-ring (bicyclic) bond motifs is 1. The molecule has 52 heavy (non-hydrogen) atoms. The maximum atomic E-state index is 11.3. The summed E-state index contributed by atoms with van der Waals surface area (Å²) in [6.07, 6.45) is 1.83. The average Bonchev–Trinajstić information content (AvgIpc) is 3.46. The van der Waals surface area contributed by atoms with E-state index < -0.39 is 0 Å². The summed E-state index contributed by atoms with van der Waals surface area (Å²) in [4.78, 5) is 13.8. The molecule has 1 N–H and O–H groups in total. The minimum absolute atomic E-state index is 0. The van der Waals surface area contributed by atoms with Gasteiger partial charge in [-0.05, 0) is 76.3 Å². The van der Waals surface area contributed by atoms with E-state index in [1.807, 2.05) is 19.2 Å². The van der Waals surface area contributed by atoms with Crippen LogP contribution in [0.2, 0.25) is 0 Å². The molecule has 2 aromatic heterocycles. The van der Waals surface area contributed by atoms with Crippen LogP contribution in [-0.4, -0.2) is 19.6 Å². The first kappa shape index (κ1) is 38.4. The van der Waals surface area contributed by atoms with Gasteiger partial charge in [-0.15, -0.1) is 29.3 Å². The van der Waals surface area contributed by atoms with Gasteiger partial charge in [0.1, 0.15) is 11.6 Å². The van der Waals surface area contributed by atoms with Crippen molar-refractivity contribution < 1.29 is 26.2 Å². The Balaban J connectivity index is 0.00000523. The van der Waals surface area contributed by atoms with Crippen LogP contribution in [0.1, 0.15) is 91.5 Å². The van der Waals surface area contributed by atoms with Crippen molar-refractivity contribution >= 4 is 22.3 Å². The number of aromatic nitrogens is 3. The molecule has 6 heteroatoms. The summed E-state index contributed by atoms with van der Waals surface area (Å²) in [5, 5.41) is 11.3. The Morgan fingerprint density at radius 3 is 1.98 bits per heavy atom. The summed E-state index contributed by atoms with van der Waals surface area (Å²) < 4.78 is 2.14. The third kappa shape index (κ3) is 7.55. The summed E-state index contributed by atoms with van der Waals surface area (Å²) in [7, 11) is 0. The van der Waals surface area contributed by atoms with E-state index in [1.54, 1.807) is 18.2 Å². The number of rotatable bonds is 5. The van der Waals surface area contributed by atoms with Crippen LogP contribution < -0.4 is 0 Å². The van der Waals surface area contributed by atoms with Crippen molar-refractivity contribution in [3.8, 4) is 45.2 Å². The molecule has 0 spiro atoms. The Hall–Kier alpha value is -4.78. The molecule has 5 nitrogen and oxygen atoms in total. The van der Waals surface area contributed by atoms with Gasteiger partial charge in [-0.3, -0.25) is 9.55 Å². The summed E-state index contributed by atoms with van der Waals surface area (Å²) in [5.41, 5.74) is 12.3. The number of imidazole rings is 1. The van der Waals surface area contributed by atoms with E-state index in [9.17, 15) is 5.11 Å². The number of pyridine rings is 1. The van der Waals surface area contributed by atoms with E-state index in [-0.39, 0.29) is 43.1 Å². The molecule has 6 aromatic rings. The quantitative estimate of drug-likeness (QED) is 0.176. The second-order valence-corrected chi connectivity index (χ2v) is 16.7. The molecule has 0 aliphatic carbocycles. The number of para-hydroxylation sites is 1. The molecule has 0 fully saturated rings. The molecule has 0 saturated heterocycles. The molecule has 0 atom stereocenters. The number of phenolic OH excluding ortho intramolecular Hbond substituents is 1. The topological polar surface area (TPSA) is 55.3 Å². The predicted molar refractivity (Wildman–Crippen MR) is 213 cm³/mol. The molecular formula is C46H47N4OPt-. The van der Waals surface area contributed by atoms with Crippen molar-refractivity contribution in [2.45, 2.75) is 85.5 Å². The maximum Gasteiger partial charge on any atom is 0.188 e. The molecule has 0 radical (unpaired) electrons. The second-order valence-electron chi connectivity index (χ2n) is 16.7. The van der Waals surface area contributed by atoms with Crippen LogP contribution in [0, 0.1) is 12.6 Å². The summed E-state index contributed by atoms with van der Waals surface area (Å²) in [5.74, 6) is 0.630. The van der Waals surface area contributed by atoms with Gasteiger partial charge < -0.3 is 5.11 Å². The van der Waals surface area contributed by atoms with Crippen molar-refractivity contribution in [1.29, 1.82) is 0 Å². The molecule has 6 rings (SSSR count). The van der Waals surface area contributed by atoms with Crippen molar-refractivity contribution in [3.63, 3.8) is 0 Å². The van der Waals surface area contributed by atoms with Crippen LogP contribution in [0.25, 0.3) is 60.9 Å². The number of benzene rings is 4. The summed E-state index contributed by atoms with van der Waals surface area (Å²) in [6.45, 7) is 33.9. The fourth-order valence-electron chi connectivity index (χ4n) is 6.27. The average molecular weight is 867 g/mol. The zero-order chi connectivity index (χ0) is 37.0. The van der Waals surface area contributed by atoms with Crippen molar-refractivity contribution in [1.82, 2.24) is 14.5 Å². The van der Waals surface area contributed by atoms with Crippen LogP contribution in [0.5, 0.6) is 5.75 Å². The third-order valence-corrected chi connectivity index (χ3v) is 9.50. The van der Waals surface area contributed by atoms with Crippen LogP contribution >= 0.6 is 0 Å². The molecular weight excluding hydrogens is 820 g/mol. The first-order valence-electron chi connectivity index (χ1n) is 17.4. The number of allylic oxidation sites excluding steroid dienone is 1. The van der Waals surface area contributed by atoms with Crippen LogP contribution in [0.15, 0.2) is 91.6 Å². The Morgan fingerprint density at radius 2 is 1.38 bits per heavy atom. The molecule has 4 aromatic carbocycles. The van der Waals surface area contributed by atoms with Crippen molar-refractivity contribution in [3.05, 3.63) is 131 Å². The number of hydrogen-bond donors (Lipinski definition) is 1. The smallest absolute Gasteiger partial charge is 0.188 e. The van der Waals surface area contributed by atoms with E-state index in [4.69, 9.17) is 16.5 Å². The summed E-state index contributed by atoms with van der Waals surface area (Å²) in [6, 6.07) is 30.1. The molecule has 268 valence electrons. The number of phenols is 1. The van der Waals surface area contributed by atoms with Gasteiger partial charge in [0, 0.05) is 44.2 Å². The monoisotopic (exact) mass is 866 g/mol. The molecule has 0 unspecified atom stereocenters. The molecule has 0 saturated carbocycles. The molecule has 0 aliphatic heterocycles. The fourth-order valence-corrected chi connectivity index (χ4v) is 6.27.